The summed E-state index contributed by atoms with van der Waals surface area (Å²) in [5, 5.41) is 21.4. The molecule has 1 aromatic heterocycles. The van der Waals surface area contributed by atoms with Crippen LogP contribution in [0.3, 0.4) is 0 Å². The van der Waals surface area contributed by atoms with Crippen molar-refractivity contribution in [1.82, 2.24) is 15.0 Å². The number of halogens is 2. The van der Waals surface area contributed by atoms with Crippen LogP contribution in [-0.4, -0.2) is 33.2 Å². The number of rotatable bonds is 9. The molecular formula is C23H18I2N8O3. The third-order valence-electron chi connectivity index (χ3n) is 4.61. The molecule has 0 atom stereocenters. The molecule has 11 nitrogen and oxygen atoms in total. The number of hydrazone groups is 1. The summed E-state index contributed by atoms with van der Waals surface area (Å²) in [7, 11) is 1.61. The van der Waals surface area contributed by atoms with Crippen molar-refractivity contribution < 1.29 is 9.66 Å². The maximum atomic E-state index is 10.9. The first-order valence-corrected chi connectivity index (χ1v) is 12.5. The zero-order chi connectivity index (χ0) is 25.5. The summed E-state index contributed by atoms with van der Waals surface area (Å²) < 4.78 is 7.50. The lowest BCUT2D eigenvalue weighted by atomic mass is 10.2. The Bertz CT molecular complexity index is 1400. The monoisotopic (exact) mass is 708 g/mol. The lowest BCUT2D eigenvalue weighted by molar-refractivity contribution is -0.384. The van der Waals surface area contributed by atoms with Crippen molar-refractivity contribution in [2.45, 2.75) is 0 Å². The summed E-state index contributed by atoms with van der Waals surface area (Å²) in [6.45, 7) is 0. The maximum absolute atomic E-state index is 10.9. The van der Waals surface area contributed by atoms with E-state index in [0.717, 1.165) is 18.4 Å². The molecular weight excluding hydrogens is 690 g/mol. The van der Waals surface area contributed by atoms with Crippen molar-refractivity contribution in [3.8, 4) is 5.75 Å². The molecule has 0 spiro atoms. The van der Waals surface area contributed by atoms with E-state index in [9.17, 15) is 10.1 Å². The largest absolute Gasteiger partial charge is 0.495 e. The van der Waals surface area contributed by atoms with Gasteiger partial charge in [-0.1, -0.05) is 18.2 Å². The van der Waals surface area contributed by atoms with Crippen LogP contribution in [-0.2, 0) is 0 Å². The van der Waals surface area contributed by atoms with Gasteiger partial charge in [0.1, 0.15) is 5.75 Å². The first kappa shape index (κ1) is 25.5. The highest BCUT2D eigenvalue weighted by molar-refractivity contribution is 14.1. The van der Waals surface area contributed by atoms with E-state index in [0.29, 0.717) is 11.4 Å². The zero-order valence-electron chi connectivity index (χ0n) is 18.6. The standard InChI is InChI=1S/C23H18I2N8O3/c1-36-20-14(11-15(24)12-19(20)25)13-26-32-23-30-21(27-16-5-3-2-4-6-16)29-22(31-23)28-17-7-9-18(10-8-17)33(34)35/h2-13H,1H3,(H3,27,28,29,30,31,32)/b26-13+. The van der Waals surface area contributed by atoms with Crippen LogP contribution < -0.4 is 20.8 Å². The number of benzene rings is 3. The highest BCUT2D eigenvalue weighted by Gasteiger charge is 2.10. The number of nitrogens with zero attached hydrogens (tertiary/aromatic N) is 5. The van der Waals surface area contributed by atoms with Crippen LogP contribution in [0.5, 0.6) is 5.75 Å². The third kappa shape index (κ3) is 6.75. The van der Waals surface area contributed by atoms with Crippen molar-refractivity contribution in [2.75, 3.05) is 23.2 Å². The van der Waals surface area contributed by atoms with Gasteiger partial charge in [0.2, 0.25) is 17.8 Å². The van der Waals surface area contributed by atoms with Gasteiger partial charge in [-0.15, -0.1) is 0 Å². The Morgan fingerprint density at radius 1 is 0.917 bits per heavy atom. The minimum absolute atomic E-state index is 0.0139. The Kier molecular flexibility index (Phi) is 8.42. The molecule has 0 unspecified atom stereocenters. The maximum Gasteiger partial charge on any atom is 0.269 e. The Morgan fingerprint density at radius 2 is 1.53 bits per heavy atom. The van der Waals surface area contributed by atoms with Crippen molar-refractivity contribution in [2.24, 2.45) is 5.10 Å². The van der Waals surface area contributed by atoms with Gasteiger partial charge in [0.05, 0.1) is 21.8 Å². The SMILES string of the molecule is COc1c(I)cc(I)cc1/C=N/Nc1nc(Nc2ccccc2)nc(Nc2ccc([N+](=O)[O-])cc2)n1. The number of aromatic nitrogens is 3. The molecule has 36 heavy (non-hydrogen) atoms. The molecule has 3 N–H and O–H groups in total. The predicted octanol–water partition coefficient (Wildman–Crippen LogP) is 5.93. The summed E-state index contributed by atoms with van der Waals surface area (Å²) >= 11 is 4.44. The second kappa shape index (κ2) is 11.9. The van der Waals surface area contributed by atoms with Gasteiger partial charge in [-0.25, -0.2) is 5.43 Å². The molecule has 4 aromatic rings. The normalized spacial score (nSPS) is 10.8. The number of hydrogen-bond donors (Lipinski definition) is 3. The first-order chi connectivity index (χ1) is 17.4. The molecule has 0 amide bonds. The fourth-order valence-electron chi connectivity index (χ4n) is 3.03. The van der Waals surface area contributed by atoms with Crippen LogP contribution in [0.25, 0.3) is 0 Å². The minimum atomic E-state index is -0.460. The van der Waals surface area contributed by atoms with Gasteiger partial charge in [-0.05, 0) is 81.6 Å². The second-order valence-electron chi connectivity index (χ2n) is 7.11. The fourth-order valence-corrected chi connectivity index (χ4v) is 5.14. The van der Waals surface area contributed by atoms with Crippen LogP contribution in [0.1, 0.15) is 5.56 Å². The number of nitro benzene ring substituents is 1. The summed E-state index contributed by atoms with van der Waals surface area (Å²) in [5.41, 5.74) is 4.98. The van der Waals surface area contributed by atoms with Crippen molar-refractivity contribution in [3.63, 3.8) is 0 Å². The molecule has 0 aliphatic heterocycles. The second-order valence-corrected chi connectivity index (χ2v) is 9.51. The number of ether oxygens (including phenoxy) is 1. The average Bonchev–Trinajstić information content (AvgIpc) is 2.85. The number of anilines is 5. The van der Waals surface area contributed by atoms with Crippen LogP contribution >= 0.6 is 45.2 Å². The van der Waals surface area contributed by atoms with Gasteiger partial charge in [0, 0.05) is 32.6 Å². The third-order valence-corrected chi connectivity index (χ3v) is 6.03. The van der Waals surface area contributed by atoms with Crippen molar-refractivity contribution in [3.05, 3.63) is 89.5 Å². The average molecular weight is 708 g/mol. The molecule has 0 radical (unpaired) electrons. The van der Waals surface area contributed by atoms with Gasteiger partial charge in [0.25, 0.3) is 5.69 Å². The van der Waals surface area contributed by atoms with Crippen LogP contribution in [0, 0.1) is 17.3 Å². The predicted molar refractivity (Wildman–Crippen MR) is 156 cm³/mol. The molecule has 4 rings (SSSR count). The molecule has 0 saturated carbocycles. The molecule has 0 aliphatic rings. The number of para-hydroxylation sites is 1. The van der Waals surface area contributed by atoms with Crippen molar-refractivity contribution >= 4 is 86.3 Å². The molecule has 1 heterocycles. The van der Waals surface area contributed by atoms with E-state index in [1.165, 1.54) is 12.1 Å². The number of methoxy groups -OCH3 is 1. The molecule has 0 aliphatic carbocycles. The Morgan fingerprint density at radius 3 is 2.14 bits per heavy atom. The topological polar surface area (TPSA) is 139 Å². The minimum Gasteiger partial charge on any atom is -0.495 e. The molecule has 182 valence electrons. The van der Waals surface area contributed by atoms with Gasteiger partial charge >= 0.3 is 0 Å². The van der Waals surface area contributed by atoms with E-state index in [4.69, 9.17) is 4.74 Å². The number of nitro groups is 1. The summed E-state index contributed by atoms with van der Waals surface area (Å²) in [6, 6.07) is 19.3. The highest BCUT2D eigenvalue weighted by Crippen LogP contribution is 2.27. The van der Waals surface area contributed by atoms with E-state index in [-0.39, 0.29) is 23.5 Å². The molecule has 13 heteroatoms. The number of nitrogens with one attached hydrogen (secondary N) is 3. The Hall–Kier alpha value is -3.60. The Balaban J connectivity index is 1.60. The van der Waals surface area contributed by atoms with Crippen LogP contribution in [0.2, 0.25) is 0 Å². The van der Waals surface area contributed by atoms with E-state index >= 15 is 0 Å². The number of non-ortho nitro benzene ring substituents is 1. The van der Waals surface area contributed by atoms with E-state index in [2.05, 4.69) is 81.3 Å². The number of hydrogen-bond acceptors (Lipinski definition) is 10. The molecule has 0 fully saturated rings. The van der Waals surface area contributed by atoms with E-state index in [1.807, 2.05) is 42.5 Å². The zero-order valence-corrected chi connectivity index (χ0v) is 23.0. The lowest BCUT2D eigenvalue weighted by Gasteiger charge is -2.10. The lowest BCUT2D eigenvalue weighted by Crippen LogP contribution is -2.07. The van der Waals surface area contributed by atoms with Gasteiger partial charge in [-0.2, -0.15) is 20.1 Å². The fraction of sp³-hybridized carbons (Fsp3) is 0.0435. The van der Waals surface area contributed by atoms with Crippen LogP contribution in [0.4, 0.5) is 34.9 Å². The molecule has 0 bridgehead atoms. The smallest absolute Gasteiger partial charge is 0.269 e. The highest BCUT2D eigenvalue weighted by atomic mass is 127. The first-order valence-electron chi connectivity index (χ1n) is 10.3. The summed E-state index contributed by atoms with van der Waals surface area (Å²) in [6.07, 6.45) is 1.63. The Labute approximate surface area is 233 Å². The van der Waals surface area contributed by atoms with Gasteiger partial charge < -0.3 is 15.4 Å². The molecule has 0 saturated heterocycles. The van der Waals surface area contributed by atoms with E-state index < -0.39 is 4.92 Å². The van der Waals surface area contributed by atoms with E-state index in [1.54, 1.807) is 25.5 Å². The summed E-state index contributed by atoms with van der Waals surface area (Å²) in [4.78, 5) is 23.6. The summed E-state index contributed by atoms with van der Waals surface area (Å²) in [5.74, 6) is 1.39. The van der Waals surface area contributed by atoms with Gasteiger partial charge in [0.15, 0.2) is 0 Å². The van der Waals surface area contributed by atoms with Crippen molar-refractivity contribution in [1.29, 1.82) is 0 Å². The van der Waals surface area contributed by atoms with Gasteiger partial charge in [-0.3, -0.25) is 10.1 Å². The quantitative estimate of drug-likeness (QED) is 0.0836. The molecule has 3 aromatic carbocycles. The van der Waals surface area contributed by atoms with Crippen LogP contribution in [0.15, 0.2) is 71.8 Å².